The summed E-state index contributed by atoms with van der Waals surface area (Å²) < 4.78 is 49.9. The Morgan fingerprint density at radius 1 is 0.885 bits per heavy atom. The van der Waals surface area contributed by atoms with Crippen LogP contribution >= 0.6 is 0 Å². The number of benzene rings is 2. The lowest BCUT2D eigenvalue weighted by molar-refractivity contribution is 0.00578. The molecule has 0 aliphatic carbocycles. The molecule has 0 bridgehead atoms. The molecule has 138 valence electrons. The van der Waals surface area contributed by atoms with Crippen molar-refractivity contribution in [1.82, 2.24) is 0 Å². The highest BCUT2D eigenvalue weighted by molar-refractivity contribution is 7.90. The fraction of sp³-hybridized carbons (Fsp3) is 0.368. The summed E-state index contributed by atoms with van der Waals surface area (Å²) in [7, 11) is -4.01. The third-order valence-electron chi connectivity index (χ3n) is 5.03. The van der Waals surface area contributed by atoms with Gasteiger partial charge in [-0.2, -0.15) is 0 Å². The predicted octanol–water partition coefficient (Wildman–Crippen LogP) is 3.10. The molecule has 0 atom stereocenters. The van der Waals surface area contributed by atoms with Crippen LogP contribution in [0, 0.1) is 5.82 Å². The van der Waals surface area contributed by atoms with Gasteiger partial charge in [-0.1, -0.05) is 24.3 Å². The molecular formula is C19H22BFO4S. The molecule has 0 amide bonds. The second-order valence-electron chi connectivity index (χ2n) is 7.54. The van der Waals surface area contributed by atoms with Crippen molar-refractivity contribution in [2.45, 2.75) is 49.5 Å². The molecule has 0 radical (unpaired) electrons. The van der Waals surface area contributed by atoms with Gasteiger partial charge in [0.25, 0.3) is 0 Å². The smallest absolute Gasteiger partial charge is 0.399 e. The van der Waals surface area contributed by atoms with E-state index in [9.17, 15) is 12.8 Å². The molecule has 1 fully saturated rings. The number of hydrogen-bond acceptors (Lipinski definition) is 4. The van der Waals surface area contributed by atoms with Crippen LogP contribution in [0.1, 0.15) is 33.3 Å². The normalized spacial score (nSPS) is 18.9. The zero-order chi connectivity index (χ0) is 19.2. The largest absolute Gasteiger partial charge is 0.494 e. The maximum Gasteiger partial charge on any atom is 0.494 e. The van der Waals surface area contributed by atoms with Gasteiger partial charge in [0.2, 0.25) is 0 Å². The van der Waals surface area contributed by atoms with Crippen LogP contribution in [0.15, 0.2) is 53.4 Å². The van der Waals surface area contributed by atoms with Crippen molar-refractivity contribution >= 4 is 22.4 Å². The standard InChI is InChI=1S/C19H22BFO4S/c1-18(2)19(3,4)25-20(24-18)15-7-5-14(6-8-15)13-26(22,23)17-11-9-16(21)10-12-17/h5-12H,13H2,1-4H3. The zero-order valence-corrected chi connectivity index (χ0v) is 16.1. The summed E-state index contributed by atoms with van der Waals surface area (Å²) in [6.45, 7) is 7.93. The Morgan fingerprint density at radius 3 is 1.88 bits per heavy atom. The Bertz CT molecular complexity index is 874. The molecule has 0 unspecified atom stereocenters. The molecule has 26 heavy (non-hydrogen) atoms. The maximum absolute atomic E-state index is 13.0. The Kier molecular flexibility index (Phi) is 4.75. The lowest BCUT2D eigenvalue weighted by Gasteiger charge is -2.32. The van der Waals surface area contributed by atoms with Gasteiger partial charge >= 0.3 is 7.12 Å². The van der Waals surface area contributed by atoms with Gasteiger partial charge in [-0.15, -0.1) is 0 Å². The molecule has 2 aromatic carbocycles. The van der Waals surface area contributed by atoms with Crippen LogP contribution in [0.4, 0.5) is 4.39 Å². The predicted molar refractivity (Wildman–Crippen MR) is 99.4 cm³/mol. The van der Waals surface area contributed by atoms with Gasteiger partial charge in [-0.05, 0) is 63.0 Å². The molecule has 1 aliphatic rings. The Hall–Kier alpha value is -1.70. The van der Waals surface area contributed by atoms with Gasteiger partial charge in [0.1, 0.15) is 5.82 Å². The van der Waals surface area contributed by atoms with Gasteiger partial charge < -0.3 is 9.31 Å². The van der Waals surface area contributed by atoms with Crippen LogP contribution in [0.5, 0.6) is 0 Å². The van der Waals surface area contributed by atoms with E-state index in [0.717, 1.165) is 17.6 Å². The lowest BCUT2D eigenvalue weighted by atomic mass is 9.79. The molecule has 3 rings (SSSR count). The minimum Gasteiger partial charge on any atom is -0.399 e. The molecular weight excluding hydrogens is 354 g/mol. The molecule has 0 saturated carbocycles. The summed E-state index contributed by atoms with van der Waals surface area (Å²) in [6, 6.07) is 12.0. The Balaban J connectivity index is 1.75. The third kappa shape index (κ3) is 3.70. The van der Waals surface area contributed by atoms with Crippen molar-refractivity contribution in [3.8, 4) is 0 Å². The quantitative estimate of drug-likeness (QED) is 0.608. The summed E-state index contributed by atoms with van der Waals surface area (Å²) in [4.78, 5) is 0.105. The third-order valence-corrected chi connectivity index (χ3v) is 6.74. The van der Waals surface area contributed by atoms with Crippen molar-refractivity contribution in [3.05, 3.63) is 59.9 Å². The Labute approximate surface area is 154 Å². The first-order valence-electron chi connectivity index (χ1n) is 8.43. The highest BCUT2D eigenvalue weighted by atomic mass is 32.2. The van der Waals surface area contributed by atoms with Gasteiger partial charge in [0.15, 0.2) is 9.84 Å². The Morgan fingerprint density at radius 2 is 1.38 bits per heavy atom. The minimum absolute atomic E-state index is 0.105. The van der Waals surface area contributed by atoms with Gasteiger partial charge in [-0.25, -0.2) is 12.8 Å². The second-order valence-corrected chi connectivity index (χ2v) is 9.53. The summed E-state index contributed by atoms with van der Waals surface area (Å²) >= 11 is 0. The summed E-state index contributed by atoms with van der Waals surface area (Å²) in [5.41, 5.74) is 0.631. The van der Waals surface area contributed by atoms with E-state index in [4.69, 9.17) is 9.31 Å². The van der Waals surface area contributed by atoms with Crippen LogP contribution in [-0.2, 0) is 24.9 Å². The maximum atomic E-state index is 13.0. The fourth-order valence-corrected chi connectivity index (χ4v) is 4.04. The number of hydrogen-bond donors (Lipinski definition) is 0. The summed E-state index contributed by atoms with van der Waals surface area (Å²) in [6.07, 6.45) is 0. The zero-order valence-electron chi connectivity index (χ0n) is 15.3. The summed E-state index contributed by atoms with van der Waals surface area (Å²) in [5.74, 6) is -0.613. The van der Waals surface area contributed by atoms with Crippen molar-refractivity contribution < 1.29 is 22.1 Å². The molecule has 7 heteroatoms. The average molecular weight is 376 g/mol. The van der Waals surface area contributed by atoms with Gasteiger partial charge in [0, 0.05) is 0 Å². The SMILES string of the molecule is CC1(C)OB(c2ccc(CS(=O)(=O)c3ccc(F)cc3)cc2)OC1(C)C. The van der Waals surface area contributed by atoms with E-state index in [1.54, 1.807) is 12.1 Å². The van der Waals surface area contributed by atoms with Crippen molar-refractivity contribution in [1.29, 1.82) is 0 Å². The molecule has 0 aromatic heterocycles. The molecule has 2 aromatic rings. The summed E-state index contributed by atoms with van der Waals surface area (Å²) in [5, 5.41) is 0. The molecule has 1 saturated heterocycles. The van der Waals surface area contributed by atoms with E-state index >= 15 is 0 Å². The average Bonchev–Trinajstić information content (AvgIpc) is 2.76. The highest BCUT2D eigenvalue weighted by Gasteiger charge is 2.51. The topological polar surface area (TPSA) is 52.6 Å². The second kappa shape index (κ2) is 6.48. The minimum atomic E-state index is -3.53. The molecule has 0 spiro atoms. The first kappa shape index (κ1) is 19.1. The van der Waals surface area contributed by atoms with Crippen LogP contribution in [-0.4, -0.2) is 26.7 Å². The van der Waals surface area contributed by atoms with Crippen LogP contribution in [0.3, 0.4) is 0 Å². The van der Waals surface area contributed by atoms with E-state index < -0.39 is 34.0 Å². The van der Waals surface area contributed by atoms with E-state index in [0.29, 0.717) is 5.56 Å². The number of halogens is 1. The van der Waals surface area contributed by atoms with Gasteiger partial charge in [-0.3, -0.25) is 0 Å². The molecule has 4 nitrogen and oxygen atoms in total. The van der Waals surface area contributed by atoms with E-state index in [2.05, 4.69) is 0 Å². The molecule has 1 aliphatic heterocycles. The fourth-order valence-electron chi connectivity index (χ4n) is 2.69. The lowest BCUT2D eigenvalue weighted by Crippen LogP contribution is -2.41. The number of rotatable bonds is 4. The first-order chi connectivity index (χ1) is 12.0. The van der Waals surface area contributed by atoms with Crippen molar-refractivity contribution in [2.75, 3.05) is 0 Å². The highest BCUT2D eigenvalue weighted by Crippen LogP contribution is 2.36. The van der Waals surface area contributed by atoms with Gasteiger partial charge in [0.05, 0.1) is 21.9 Å². The molecule has 1 heterocycles. The van der Waals surface area contributed by atoms with Crippen LogP contribution < -0.4 is 5.46 Å². The first-order valence-corrected chi connectivity index (χ1v) is 10.1. The molecule has 0 N–H and O–H groups in total. The van der Waals surface area contributed by atoms with Crippen LogP contribution in [0.2, 0.25) is 0 Å². The van der Waals surface area contributed by atoms with Crippen molar-refractivity contribution in [3.63, 3.8) is 0 Å². The van der Waals surface area contributed by atoms with E-state index in [1.165, 1.54) is 12.1 Å². The van der Waals surface area contributed by atoms with Crippen LogP contribution in [0.25, 0.3) is 0 Å². The monoisotopic (exact) mass is 376 g/mol. The van der Waals surface area contributed by atoms with E-state index in [-0.39, 0.29) is 10.6 Å². The van der Waals surface area contributed by atoms with E-state index in [1.807, 2.05) is 39.8 Å². The number of sulfone groups is 1. The van der Waals surface area contributed by atoms with Crippen molar-refractivity contribution in [2.24, 2.45) is 0 Å².